The SMILES string of the molecule is CC(C)(C)OC(=O)N1C[C@](O)(C2C=c3ccccc3=CC2)C[C@H]1C(=O)O. The number of rotatable bonds is 2. The van der Waals surface area contributed by atoms with Crippen LogP contribution in [-0.4, -0.2) is 51.0 Å². The fraction of sp³-hybridized carbons (Fsp3) is 0.500. The number of hydrogen-bond acceptors (Lipinski definition) is 4. The second-order valence-corrected chi connectivity index (χ2v) is 8.11. The summed E-state index contributed by atoms with van der Waals surface area (Å²) in [6.45, 7) is 5.12. The molecule has 1 saturated heterocycles. The minimum atomic E-state index is -1.30. The Morgan fingerprint density at radius 3 is 2.50 bits per heavy atom. The predicted octanol–water partition coefficient (Wildman–Crippen LogP) is 1.09. The average molecular weight is 359 g/mol. The van der Waals surface area contributed by atoms with Crippen LogP contribution in [-0.2, 0) is 9.53 Å². The molecule has 0 radical (unpaired) electrons. The number of carboxylic acid groups (broad SMARTS) is 1. The van der Waals surface area contributed by atoms with Crippen LogP contribution in [0, 0.1) is 5.92 Å². The largest absolute Gasteiger partial charge is 0.480 e. The molecular formula is C20H25NO5. The minimum absolute atomic E-state index is 0.0151. The number of carbonyl (C=O) groups is 2. The van der Waals surface area contributed by atoms with E-state index in [1.165, 1.54) is 0 Å². The van der Waals surface area contributed by atoms with Crippen LogP contribution in [0.4, 0.5) is 4.79 Å². The molecule has 6 heteroatoms. The van der Waals surface area contributed by atoms with Crippen molar-refractivity contribution in [1.82, 2.24) is 4.90 Å². The van der Waals surface area contributed by atoms with Gasteiger partial charge in [0, 0.05) is 12.3 Å². The molecule has 26 heavy (non-hydrogen) atoms. The highest BCUT2D eigenvalue weighted by Gasteiger charge is 2.52. The molecule has 0 bridgehead atoms. The van der Waals surface area contributed by atoms with Gasteiger partial charge in [-0.1, -0.05) is 36.4 Å². The zero-order chi connectivity index (χ0) is 19.1. The zero-order valence-electron chi connectivity index (χ0n) is 15.3. The zero-order valence-corrected chi connectivity index (χ0v) is 15.3. The molecule has 6 nitrogen and oxygen atoms in total. The number of amides is 1. The van der Waals surface area contributed by atoms with Crippen molar-refractivity contribution in [3.63, 3.8) is 0 Å². The number of fused-ring (bicyclic) bond motifs is 1. The van der Waals surface area contributed by atoms with Gasteiger partial charge in [0.2, 0.25) is 0 Å². The van der Waals surface area contributed by atoms with Crippen LogP contribution in [0.3, 0.4) is 0 Å². The van der Waals surface area contributed by atoms with Gasteiger partial charge in [-0.05, 0) is 37.6 Å². The lowest BCUT2D eigenvalue weighted by Gasteiger charge is -2.31. The summed E-state index contributed by atoms with van der Waals surface area (Å²) in [6.07, 6.45) is 3.90. The van der Waals surface area contributed by atoms with Crippen molar-refractivity contribution in [2.45, 2.75) is 50.9 Å². The Kier molecular flexibility index (Phi) is 4.56. The summed E-state index contributed by atoms with van der Waals surface area (Å²) in [6, 6.07) is 6.76. The normalized spacial score (nSPS) is 27.9. The van der Waals surface area contributed by atoms with Gasteiger partial charge < -0.3 is 14.9 Å². The minimum Gasteiger partial charge on any atom is -0.480 e. The molecular weight excluding hydrogens is 334 g/mol. The lowest BCUT2D eigenvalue weighted by molar-refractivity contribution is -0.142. The molecule has 1 unspecified atom stereocenters. The summed E-state index contributed by atoms with van der Waals surface area (Å²) < 4.78 is 5.33. The number of benzene rings is 1. The lowest BCUT2D eigenvalue weighted by Crippen LogP contribution is -2.46. The summed E-state index contributed by atoms with van der Waals surface area (Å²) in [5.41, 5.74) is -2.03. The van der Waals surface area contributed by atoms with Gasteiger partial charge in [-0.2, -0.15) is 0 Å². The Morgan fingerprint density at radius 2 is 1.88 bits per heavy atom. The first-order chi connectivity index (χ1) is 12.1. The van der Waals surface area contributed by atoms with Crippen LogP contribution in [0.2, 0.25) is 0 Å². The van der Waals surface area contributed by atoms with Crippen molar-refractivity contribution in [3.05, 3.63) is 34.7 Å². The molecule has 1 fully saturated rings. The lowest BCUT2D eigenvalue weighted by atomic mass is 9.80. The third-order valence-corrected chi connectivity index (χ3v) is 4.94. The Hall–Kier alpha value is -2.34. The number of aliphatic carboxylic acids is 1. The second kappa shape index (κ2) is 6.43. The quantitative estimate of drug-likeness (QED) is 0.826. The summed E-state index contributed by atoms with van der Waals surface area (Å²) in [5, 5.41) is 22.9. The van der Waals surface area contributed by atoms with E-state index in [1.54, 1.807) is 20.8 Å². The highest BCUT2D eigenvalue weighted by Crippen LogP contribution is 2.37. The Morgan fingerprint density at radius 1 is 1.23 bits per heavy atom. The van der Waals surface area contributed by atoms with Gasteiger partial charge in [-0.15, -0.1) is 0 Å². The van der Waals surface area contributed by atoms with E-state index >= 15 is 0 Å². The first-order valence-electron chi connectivity index (χ1n) is 8.81. The van der Waals surface area contributed by atoms with E-state index in [0.717, 1.165) is 15.3 Å². The number of carbonyl (C=O) groups excluding carboxylic acids is 1. The van der Waals surface area contributed by atoms with Crippen LogP contribution < -0.4 is 10.4 Å². The molecule has 2 N–H and O–H groups in total. The van der Waals surface area contributed by atoms with Crippen molar-refractivity contribution in [3.8, 4) is 0 Å². The second-order valence-electron chi connectivity index (χ2n) is 8.11. The fourth-order valence-corrected chi connectivity index (χ4v) is 3.68. The molecule has 1 heterocycles. The highest BCUT2D eigenvalue weighted by atomic mass is 16.6. The van der Waals surface area contributed by atoms with Crippen molar-refractivity contribution in [2.75, 3.05) is 6.54 Å². The van der Waals surface area contributed by atoms with Crippen molar-refractivity contribution < 1.29 is 24.5 Å². The summed E-state index contributed by atoms with van der Waals surface area (Å²) in [7, 11) is 0. The first kappa shape index (κ1) is 18.5. The van der Waals surface area contributed by atoms with E-state index in [0.29, 0.717) is 6.42 Å². The van der Waals surface area contributed by atoms with E-state index in [2.05, 4.69) is 0 Å². The maximum absolute atomic E-state index is 12.5. The number of hydrogen-bond donors (Lipinski definition) is 2. The fourth-order valence-electron chi connectivity index (χ4n) is 3.68. The molecule has 1 aliphatic carbocycles. The molecule has 1 aromatic carbocycles. The van der Waals surface area contributed by atoms with Crippen LogP contribution in [0.5, 0.6) is 0 Å². The number of likely N-dealkylation sites (tertiary alicyclic amines) is 1. The topological polar surface area (TPSA) is 87.1 Å². The van der Waals surface area contributed by atoms with E-state index in [1.807, 2.05) is 36.4 Å². The maximum atomic E-state index is 12.5. The van der Waals surface area contributed by atoms with E-state index < -0.39 is 29.3 Å². The first-order valence-corrected chi connectivity index (χ1v) is 8.81. The van der Waals surface area contributed by atoms with Gasteiger partial charge in [-0.3, -0.25) is 4.90 Å². The summed E-state index contributed by atoms with van der Waals surface area (Å²) in [4.78, 5) is 25.3. The number of ether oxygens (including phenoxy) is 1. The molecule has 1 amide bonds. The third-order valence-electron chi connectivity index (χ3n) is 4.94. The van der Waals surface area contributed by atoms with Gasteiger partial charge in [0.25, 0.3) is 0 Å². The van der Waals surface area contributed by atoms with Gasteiger partial charge >= 0.3 is 12.1 Å². The maximum Gasteiger partial charge on any atom is 0.411 e. The summed E-state index contributed by atoms with van der Waals surface area (Å²) in [5.74, 6) is -1.39. The van der Waals surface area contributed by atoms with Gasteiger partial charge in [0.15, 0.2) is 0 Å². The third kappa shape index (κ3) is 3.60. The van der Waals surface area contributed by atoms with E-state index in [9.17, 15) is 19.8 Å². The molecule has 2 aliphatic rings. The number of nitrogens with zero attached hydrogens (tertiary/aromatic N) is 1. The Labute approximate surface area is 152 Å². The number of β-amino-alcohol motifs (C(OH)–C–C–N with tert-alkyl or cyclic N) is 1. The average Bonchev–Trinajstić information content (AvgIpc) is 2.93. The molecule has 0 aromatic heterocycles. The number of carboxylic acids is 1. The standard InChI is InChI=1S/C20H25NO5/c1-19(2,3)26-18(24)21-12-20(25,11-16(21)17(22)23)15-9-8-13-6-4-5-7-14(13)10-15/h4-8,10,15-16,25H,9,11-12H2,1-3H3,(H,22,23)/t15?,16-,20-/m0/s1. The van der Waals surface area contributed by atoms with Crippen molar-refractivity contribution >= 4 is 24.2 Å². The van der Waals surface area contributed by atoms with Crippen LogP contribution in [0.15, 0.2) is 24.3 Å². The van der Waals surface area contributed by atoms with Gasteiger partial charge in [-0.25, -0.2) is 9.59 Å². The molecule has 3 atom stereocenters. The highest BCUT2D eigenvalue weighted by molar-refractivity contribution is 5.81. The molecule has 3 rings (SSSR count). The monoisotopic (exact) mass is 359 g/mol. The van der Waals surface area contributed by atoms with Crippen molar-refractivity contribution in [1.29, 1.82) is 0 Å². The summed E-state index contributed by atoms with van der Waals surface area (Å²) >= 11 is 0. The van der Waals surface area contributed by atoms with E-state index in [-0.39, 0.29) is 18.9 Å². The Balaban J connectivity index is 1.88. The van der Waals surface area contributed by atoms with Crippen molar-refractivity contribution in [2.24, 2.45) is 5.92 Å². The molecule has 0 saturated carbocycles. The molecule has 0 spiro atoms. The van der Waals surface area contributed by atoms with E-state index in [4.69, 9.17) is 4.74 Å². The smallest absolute Gasteiger partial charge is 0.411 e. The van der Waals surface area contributed by atoms with Crippen LogP contribution in [0.25, 0.3) is 12.2 Å². The van der Waals surface area contributed by atoms with Crippen LogP contribution >= 0.6 is 0 Å². The molecule has 1 aliphatic heterocycles. The predicted molar refractivity (Wildman–Crippen MR) is 96.7 cm³/mol. The molecule has 140 valence electrons. The van der Waals surface area contributed by atoms with Gasteiger partial charge in [0.1, 0.15) is 11.6 Å². The number of aliphatic hydroxyl groups is 1. The van der Waals surface area contributed by atoms with Gasteiger partial charge in [0.05, 0.1) is 12.1 Å². The van der Waals surface area contributed by atoms with Crippen LogP contribution in [0.1, 0.15) is 33.6 Å². The molecule has 1 aromatic rings. The Bertz CT molecular complexity index is 840.